The molecule has 2 nitrogen and oxygen atoms in total. The van der Waals surface area contributed by atoms with Crippen LogP contribution in [0, 0.1) is 0 Å². The van der Waals surface area contributed by atoms with Crippen molar-refractivity contribution < 1.29 is 0 Å². The highest BCUT2D eigenvalue weighted by atomic mass is 15.1. The predicted molar refractivity (Wildman–Crippen MR) is 247 cm³/mol. The molecular weight excluding hydrogens is 701 g/mol. The van der Waals surface area contributed by atoms with E-state index in [0.717, 1.165) is 22.7 Å². The summed E-state index contributed by atoms with van der Waals surface area (Å²) in [6, 6.07) is 83.6. The number of fused-ring (bicyclic) bond motifs is 6. The van der Waals surface area contributed by atoms with Crippen molar-refractivity contribution in [3.63, 3.8) is 0 Å². The van der Waals surface area contributed by atoms with Crippen LogP contribution in [0.2, 0.25) is 0 Å². The zero-order valence-electron chi connectivity index (χ0n) is 31.8. The quantitative estimate of drug-likeness (QED) is 0.148. The highest BCUT2D eigenvalue weighted by Gasteiger charge is 2.22. The number of benzene rings is 10. The largest absolute Gasteiger partial charge is 0.310 e. The van der Waals surface area contributed by atoms with Gasteiger partial charge in [-0.25, -0.2) is 0 Å². The number of anilines is 3. The third-order valence-electron chi connectivity index (χ3n) is 11.6. The maximum atomic E-state index is 2.42. The minimum Gasteiger partial charge on any atom is -0.310 e. The van der Waals surface area contributed by atoms with Crippen LogP contribution in [0.4, 0.5) is 17.1 Å². The molecule has 0 bridgehead atoms. The van der Waals surface area contributed by atoms with Crippen molar-refractivity contribution in [1.82, 2.24) is 4.57 Å². The Morgan fingerprint density at radius 2 is 0.845 bits per heavy atom. The summed E-state index contributed by atoms with van der Waals surface area (Å²) in [7, 11) is 0. The van der Waals surface area contributed by atoms with Gasteiger partial charge in [-0.15, -0.1) is 0 Å². The third kappa shape index (κ3) is 5.66. The number of para-hydroxylation sites is 3. The highest BCUT2D eigenvalue weighted by Crippen LogP contribution is 2.46. The first-order valence-electron chi connectivity index (χ1n) is 19.9. The Morgan fingerprint density at radius 3 is 1.60 bits per heavy atom. The fourth-order valence-corrected chi connectivity index (χ4v) is 8.94. The fourth-order valence-electron chi connectivity index (χ4n) is 8.94. The lowest BCUT2D eigenvalue weighted by molar-refractivity contribution is 1.18. The first kappa shape index (κ1) is 33.6. The summed E-state index contributed by atoms with van der Waals surface area (Å²) in [4.78, 5) is 2.42. The van der Waals surface area contributed by atoms with E-state index in [1.54, 1.807) is 0 Å². The van der Waals surface area contributed by atoms with Gasteiger partial charge in [-0.3, -0.25) is 0 Å². The van der Waals surface area contributed by atoms with Crippen LogP contribution in [0.1, 0.15) is 0 Å². The Labute approximate surface area is 338 Å². The van der Waals surface area contributed by atoms with Crippen molar-refractivity contribution in [2.75, 3.05) is 4.90 Å². The molecule has 0 radical (unpaired) electrons. The summed E-state index contributed by atoms with van der Waals surface area (Å²) in [5.74, 6) is 0. The van der Waals surface area contributed by atoms with Crippen molar-refractivity contribution in [2.24, 2.45) is 0 Å². The van der Waals surface area contributed by atoms with E-state index in [2.05, 4.69) is 240 Å². The molecule has 1 aromatic heterocycles. The molecule has 0 atom stereocenters. The van der Waals surface area contributed by atoms with Gasteiger partial charge in [0.1, 0.15) is 0 Å². The van der Waals surface area contributed by atoms with Gasteiger partial charge in [0, 0.05) is 33.4 Å². The highest BCUT2D eigenvalue weighted by molar-refractivity contribution is 6.17. The molecule has 11 rings (SSSR count). The van der Waals surface area contributed by atoms with Crippen LogP contribution in [0.5, 0.6) is 0 Å². The van der Waals surface area contributed by atoms with Crippen LogP contribution < -0.4 is 4.90 Å². The third-order valence-corrected chi connectivity index (χ3v) is 11.6. The maximum Gasteiger partial charge on any atom is 0.0547 e. The molecule has 0 N–H and O–H groups in total. The minimum absolute atomic E-state index is 1.09. The average molecular weight is 739 g/mol. The summed E-state index contributed by atoms with van der Waals surface area (Å²) in [5.41, 5.74) is 14.0. The summed E-state index contributed by atoms with van der Waals surface area (Å²) < 4.78 is 2.39. The maximum absolute atomic E-state index is 2.42. The van der Waals surface area contributed by atoms with E-state index in [0.29, 0.717) is 0 Å². The molecule has 10 aromatic carbocycles. The van der Waals surface area contributed by atoms with Crippen molar-refractivity contribution >= 4 is 60.4 Å². The summed E-state index contributed by atoms with van der Waals surface area (Å²) in [5, 5.41) is 7.54. The summed E-state index contributed by atoms with van der Waals surface area (Å²) in [6.45, 7) is 0. The molecule has 0 saturated carbocycles. The normalized spacial score (nSPS) is 11.4. The van der Waals surface area contributed by atoms with Gasteiger partial charge in [-0.05, 0) is 110 Å². The zero-order valence-corrected chi connectivity index (χ0v) is 31.8. The van der Waals surface area contributed by atoms with Crippen molar-refractivity contribution in [3.8, 4) is 39.1 Å². The monoisotopic (exact) mass is 738 g/mol. The molecule has 0 spiro atoms. The van der Waals surface area contributed by atoms with Gasteiger partial charge in [0.2, 0.25) is 0 Å². The molecule has 58 heavy (non-hydrogen) atoms. The van der Waals surface area contributed by atoms with Gasteiger partial charge in [-0.1, -0.05) is 170 Å². The lowest BCUT2D eigenvalue weighted by atomic mass is 9.93. The van der Waals surface area contributed by atoms with Gasteiger partial charge in [0.15, 0.2) is 0 Å². The van der Waals surface area contributed by atoms with E-state index in [9.17, 15) is 0 Å². The molecule has 11 aromatic rings. The average Bonchev–Trinajstić information content (AvgIpc) is 3.65. The predicted octanol–water partition coefficient (Wildman–Crippen LogP) is 15.6. The molecule has 1 heterocycles. The van der Waals surface area contributed by atoms with E-state index in [1.807, 2.05) is 0 Å². The SMILES string of the molecule is c1ccc(-c2ccc(N(c3ccc(-c4cc5ccccc5c5ccccc45)cc3)c3ccccc3-c3cccc4c3c3ccccc3n4-c3ccccc3)cc2)cc1. The van der Waals surface area contributed by atoms with E-state index in [1.165, 1.54) is 76.7 Å². The van der Waals surface area contributed by atoms with Crippen LogP contribution >= 0.6 is 0 Å². The van der Waals surface area contributed by atoms with Gasteiger partial charge in [-0.2, -0.15) is 0 Å². The van der Waals surface area contributed by atoms with Crippen LogP contribution in [-0.4, -0.2) is 4.57 Å². The topological polar surface area (TPSA) is 8.17 Å². The van der Waals surface area contributed by atoms with Gasteiger partial charge >= 0.3 is 0 Å². The van der Waals surface area contributed by atoms with Crippen LogP contribution in [0.3, 0.4) is 0 Å². The summed E-state index contributed by atoms with van der Waals surface area (Å²) >= 11 is 0. The minimum atomic E-state index is 1.09. The standard InChI is InChI=1S/C56H38N2/c1-3-16-39(17-4-1)40-30-34-44(35-31-40)57(45-36-32-41(33-37-45)52-38-42-18-7-8-21-46(42)47-22-9-10-23-48(47)52)53-27-13-11-24-49(53)50-26-15-29-55-56(50)51-25-12-14-28-54(51)58(55)43-19-5-2-6-20-43/h1-38H. The second kappa shape index (κ2) is 14.1. The second-order valence-electron chi connectivity index (χ2n) is 14.9. The molecule has 0 saturated heterocycles. The molecule has 0 aliphatic carbocycles. The van der Waals surface area contributed by atoms with Gasteiger partial charge in [0.05, 0.1) is 16.7 Å². The molecule has 272 valence electrons. The van der Waals surface area contributed by atoms with Crippen molar-refractivity contribution in [2.45, 2.75) is 0 Å². The Morgan fingerprint density at radius 1 is 0.310 bits per heavy atom. The molecule has 0 fully saturated rings. The van der Waals surface area contributed by atoms with Crippen LogP contribution in [0.15, 0.2) is 231 Å². The first-order valence-corrected chi connectivity index (χ1v) is 19.9. The molecule has 0 aliphatic rings. The van der Waals surface area contributed by atoms with Crippen LogP contribution in [-0.2, 0) is 0 Å². The molecule has 0 amide bonds. The molecule has 2 heteroatoms. The van der Waals surface area contributed by atoms with E-state index >= 15 is 0 Å². The summed E-state index contributed by atoms with van der Waals surface area (Å²) in [6.07, 6.45) is 0. The fraction of sp³-hybridized carbons (Fsp3) is 0. The number of rotatable bonds is 7. The molecular formula is C56H38N2. The zero-order chi connectivity index (χ0) is 38.4. The number of hydrogen-bond acceptors (Lipinski definition) is 1. The van der Waals surface area contributed by atoms with Crippen LogP contribution in [0.25, 0.3) is 82.4 Å². The van der Waals surface area contributed by atoms with Crippen molar-refractivity contribution in [3.05, 3.63) is 231 Å². The molecule has 0 aliphatic heterocycles. The Balaban J connectivity index is 1.11. The van der Waals surface area contributed by atoms with Gasteiger partial charge < -0.3 is 9.47 Å². The molecule has 0 unspecified atom stereocenters. The number of hydrogen-bond donors (Lipinski definition) is 0. The Kier molecular flexibility index (Phi) is 8.19. The first-order chi connectivity index (χ1) is 28.8. The van der Waals surface area contributed by atoms with Gasteiger partial charge in [0.25, 0.3) is 0 Å². The second-order valence-corrected chi connectivity index (χ2v) is 14.9. The van der Waals surface area contributed by atoms with E-state index in [4.69, 9.17) is 0 Å². The Bertz CT molecular complexity index is 3250. The van der Waals surface area contributed by atoms with E-state index < -0.39 is 0 Å². The lowest BCUT2D eigenvalue weighted by Crippen LogP contribution is -2.11. The Hall–Kier alpha value is -7.68. The smallest absolute Gasteiger partial charge is 0.0547 e. The number of nitrogens with zero attached hydrogens (tertiary/aromatic N) is 2. The lowest BCUT2D eigenvalue weighted by Gasteiger charge is -2.28. The van der Waals surface area contributed by atoms with E-state index in [-0.39, 0.29) is 0 Å². The number of aromatic nitrogens is 1. The van der Waals surface area contributed by atoms with Crippen molar-refractivity contribution in [1.29, 1.82) is 0 Å².